The van der Waals surface area contributed by atoms with Crippen molar-refractivity contribution in [2.45, 2.75) is 20.1 Å². The summed E-state index contributed by atoms with van der Waals surface area (Å²) in [6, 6.07) is 15.1. The van der Waals surface area contributed by atoms with Gasteiger partial charge in [0.05, 0.1) is 11.4 Å². The molecule has 0 atom stereocenters. The number of amides is 1. The molecule has 25 heavy (non-hydrogen) atoms. The van der Waals surface area contributed by atoms with Crippen LogP contribution in [0.2, 0.25) is 0 Å². The largest absolute Gasteiger partial charge is 0.487 e. The number of hydrogen-bond acceptors (Lipinski definition) is 4. The highest BCUT2D eigenvalue weighted by Crippen LogP contribution is 2.14. The predicted octanol–water partition coefficient (Wildman–Crippen LogP) is 2.63. The summed E-state index contributed by atoms with van der Waals surface area (Å²) in [5.41, 5.74) is 3.25. The fourth-order valence-corrected chi connectivity index (χ4v) is 2.44. The van der Waals surface area contributed by atoms with E-state index in [1.54, 1.807) is 24.0 Å². The monoisotopic (exact) mass is 336 g/mol. The Morgan fingerprint density at radius 3 is 2.64 bits per heavy atom. The normalized spacial score (nSPS) is 10.5. The van der Waals surface area contributed by atoms with Crippen LogP contribution in [0.4, 0.5) is 0 Å². The Balaban J connectivity index is 1.52. The third-order valence-corrected chi connectivity index (χ3v) is 3.72. The number of benzene rings is 1. The summed E-state index contributed by atoms with van der Waals surface area (Å²) < 4.78 is 7.28. The van der Waals surface area contributed by atoms with Gasteiger partial charge in [0, 0.05) is 19.8 Å². The van der Waals surface area contributed by atoms with E-state index >= 15 is 0 Å². The number of nitrogens with zero attached hydrogens (tertiary/aromatic N) is 3. The lowest BCUT2D eigenvalue weighted by Crippen LogP contribution is -2.25. The van der Waals surface area contributed by atoms with Crippen molar-refractivity contribution in [1.29, 1.82) is 0 Å². The number of aryl methyl sites for hydroxylation is 2. The highest BCUT2D eigenvalue weighted by Gasteiger charge is 2.11. The molecule has 0 aliphatic rings. The maximum absolute atomic E-state index is 12.2. The summed E-state index contributed by atoms with van der Waals surface area (Å²) in [6.45, 7) is 2.74. The minimum Gasteiger partial charge on any atom is -0.487 e. The van der Waals surface area contributed by atoms with Gasteiger partial charge in [0.15, 0.2) is 0 Å². The van der Waals surface area contributed by atoms with Gasteiger partial charge in [0.1, 0.15) is 18.1 Å². The molecule has 0 aliphatic carbocycles. The second-order valence-corrected chi connectivity index (χ2v) is 5.73. The molecule has 6 heteroatoms. The first-order valence-electron chi connectivity index (χ1n) is 8.02. The van der Waals surface area contributed by atoms with E-state index in [1.165, 1.54) is 0 Å². The van der Waals surface area contributed by atoms with Crippen molar-refractivity contribution in [2.24, 2.45) is 7.05 Å². The van der Waals surface area contributed by atoms with Crippen LogP contribution in [0, 0.1) is 6.92 Å². The van der Waals surface area contributed by atoms with Crippen LogP contribution >= 0.6 is 0 Å². The number of carbonyl (C=O) groups excluding carboxylic acids is 1. The molecule has 0 bridgehead atoms. The Morgan fingerprint density at radius 2 is 2.00 bits per heavy atom. The molecule has 2 aromatic heterocycles. The first-order valence-corrected chi connectivity index (χ1v) is 8.02. The topological polar surface area (TPSA) is 69.0 Å². The highest BCUT2D eigenvalue weighted by atomic mass is 16.5. The van der Waals surface area contributed by atoms with Crippen molar-refractivity contribution >= 4 is 5.91 Å². The average Bonchev–Trinajstić information content (AvgIpc) is 2.98. The van der Waals surface area contributed by atoms with Gasteiger partial charge in [-0.05, 0) is 42.8 Å². The van der Waals surface area contributed by atoms with Gasteiger partial charge in [-0.25, -0.2) is 0 Å². The molecule has 0 spiro atoms. The van der Waals surface area contributed by atoms with Crippen LogP contribution in [-0.2, 0) is 20.2 Å². The molecule has 0 unspecified atom stereocenters. The lowest BCUT2D eigenvalue weighted by molar-refractivity contribution is 0.0941. The first-order chi connectivity index (χ1) is 12.1. The Morgan fingerprint density at radius 1 is 1.20 bits per heavy atom. The van der Waals surface area contributed by atoms with E-state index < -0.39 is 0 Å². The zero-order chi connectivity index (χ0) is 17.6. The Hall–Kier alpha value is -3.15. The van der Waals surface area contributed by atoms with Crippen molar-refractivity contribution in [3.63, 3.8) is 0 Å². The van der Waals surface area contributed by atoms with Crippen LogP contribution in [0.15, 0.2) is 54.7 Å². The van der Waals surface area contributed by atoms with Gasteiger partial charge in [-0.15, -0.1) is 0 Å². The third-order valence-electron chi connectivity index (χ3n) is 3.72. The number of carbonyl (C=O) groups is 1. The lowest BCUT2D eigenvalue weighted by atomic mass is 10.2. The molecule has 3 aromatic rings. The highest BCUT2D eigenvalue weighted by molar-refractivity contribution is 5.92. The Bertz CT molecular complexity index is 842. The van der Waals surface area contributed by atoms with Crippen LogP contribution in [-0.4, -0.2) is 20.7 Å². The molecule has 0 saturated heterocycles. The number of pyridine rings is 1. The molecular formula is C19H20N4O2. The van der Waals surface area contributed by atoms with Gasteiger partial charge in [-0.1, -0.05) is 18.2 Å². The Labute approximate surface area is 146 Å². The van der Waals surface area contributed by atoms with Crippen molar-refractivity contribution in [2.75, 3.05) is 0 Å². The lowest BCUT2D eigenvalue weighted by Gasteiger charge is -2.08. The van der Waals surface area contributed by atoms with Crippen LogP contribution < -0.4 is 10.1 Å². The molecule has 0 saturated carbocycles. The van der Waals surface area contributed by atoms with Gasteiger partial charge in [-0.2, -0.15) is 5.10 Å². The van der Waals surface area contributed by atoms with Gasteiger partial charge in [0.25, 0.3) is 5.91 Å². The molecule has 1 N–H and O–H groups in total. The molecule has 0 aliphatic heterocycles. The summed E-state index contributed by atoms with van der Waals surface area (Å²) in [6.07, 6.45) is 1.74. The van der Waals surface area contributed by atoms with Gasteiger partial charge < -0.3 is 10.1 Å². The van der Waals surface area contributed by atoms with E-state index in [0.717, 1.165) is 22.7 Å². The summed E-state index contributed by atoms with van der Waals surface area (Å²) >= 11 is 0. The fourth-order valence-electron chi connectivity index (χ4n) is 2.44. The van der Waals surface area contributed by atoms with Crippen molar-refractivity contribution < 1.29 is 9.53 Å². The van der Waals surface area contributed by atoms with Crippen molar-refractivity contribution in [3.05, 3.63) is 77.4 Å². The van der Waals surface area contributed by atoms with E-state index in [4.69, 9.17) is 4.74 Å². The van der Waals surface area contributed by atoms with Crippen LogP contribution in [0.1, 0.15) is 27.4 Å². The van der Waals surface area contributed by atoms with Crippen LogP contribution in [0.3, 0.4) is 0 Å². The maximum Gasteiger partial charge on any atom is 0.269 e. The molecule has 0 fully saturated rings. The van der Waals surface area contributed by atoms with E-state index in [-0.39, 0.29) is 5.91 Å². The third kappa shape index (κ3) is 4.44. The summed E-state index contributed by atoms with van der Waals surface area (Å²) in [7, 11) is 1.76. The molecular weight excluding hydrogens is 316 g/mol. The fraction of sp³-hybridized carbons (Fsp3) is 0.211. The quantitative estimate of drug-likeness (QED) is 0.751. The second kappa shape index (κ2) is 7.61. The zero-order valence-electron chi connectivity index (χ0n) is 14.3. The first kappa shape index (κ1) is 16.7. The summed E-state index contributed by atoms with van der Waals surface area (Å²) in [4.78, 5) is 16.4. The van der Waals surface area contributed by atoms with Gasteiger partial charge >= 0.3 is 0 Å². The van der Waals surface area contributed by atoms with Gasteiger partial charge in [0.2, 0.25) is 0 Å². The van der Waals surface area contributed by atoms with Crippen molar-refractivity contribution in [3.8, 4) is 5.75 Å². The van der Waals surface area contributed by atoms with Crippen LogP contribution in [0.25, 0.3) is 0 Å². The molecule has 1 amide bonds. The number of aromatic nitrogens is 3. The average molecular weight is 336 g/mol. The van der Waals surface area contributed by atoms with Gasteiger partial charge in [-0.3, -0.25) is 14.5 Å². The summed E-state index contributed by atoms with van der Waals surface area (Å²) in [5.74, 6) is 0.626. The SMILES string of the molecule is Cc1cc(C(=O)NCc2ccc(OCc3ccccn3)cc2)n(C)n1. The van der Waals surface area contributed by atoms with Crippen LogP contribution in [0.5, 0.6) is 5.75 Å². The maximum atomic E-state index is 12.2. The van der Waals surface area contributed by atoms with E-state index in [2.05, 4.69) is 15.4 Å². The second-order valence-electron chi connectivity index (χ2n) is 5.73. The number of ether oxygens (including phenoxy) is 1. The Kier molecular flexibility index (Phi) is 5.09. The summed E-state index contributed by atoms with van der Waals surface area (Å²) in [5, 5.41) is 7.07. The van der Waals surface area contributed by atoms with E-state index in [0.29, 0.717) is 18.8 Å². The molecule has 128 valence electrons. The molecule has 1 aromatic carbocycles. The number of rotatable bonds is 6. The predicted molar refractivity (Wildman–Crippen MR) is 94.1 cm³/mol. The molecule has 6 nitrogen and oxygen atoms in total. The minimum atomic E-state index is -0.140. The minimum absolute atomic E-state index is 0.140. The smallest absolute Gasteiger partial charge is 0.269 e. The zero-order valence-corrected chi connectivity index (χ0v) is 14.3. The molecule has 0 radical (unpaired) electrons. The number of nitrogens with one attached hydrogen (secondary N) is 1. The van der Waals surface area contributed by atoms with Crippen molar-refractivity contribution in [1.82, 2.24) is 20.1 Å². The van der Waals surface area contributed by atoms with E-state index in [1.807, 2.05) is 49.4 Å². The van der Waals surface area contributed by atoms with E-state index in [9.17, 15) is 4.79 Å². The number of hydrogen-bond donors (Lipinski definition) is 1. The standard InChI is InChI=1S/C19H20N4O2/c1-14-11-18(23(2)22-14)19(24)21-12-15-6-8-17(9-7-15)25-13-16-5-3-4-10-20-16/h3-11H,12-13H2,1-2H3,(H,21,24). The molecule has 2 heterocycles. The molecule has 3 rings (SSSR count).